The fourth-order valence-corrected chi connectivity index (χ4v) is 5.56. The molecule has 0 spiro atoms. The number of likely N-dealkylation sites (N-methyl/N-ethyl adjacent to an activating group) is 2. The number of carbonyl (C=O) groups excluding carboxylic acids is 3. The fraction of sp³-hybridized carbons (Fsp3) is 0.552. The van der Waals surface area contributed by atoms with E-state index < -0.39 is 5.92 Å². The second kappa shape index (κ2) is 12.4. The number of anilines is 2. The summed E-state index contributed by atoms with van der Waals surface area (Å²) in [6.45, 7) is 9.48. The van der Waals surface area contributed by atoms with Gasteiger partial charge in [0.05, 0.1) is 12.0 Å². The normalized spacial score (nSPS) is 24.4. The van der Waals surface area contributed by atoms with Gasteiger partial charge in [0.2, 0.25) is 11.8 Å². The number of benzene rings is 1. The Kier molecular flexibility index (Phi) is 8.76. The third kappa shape index (κ3) is 7.13. The first-order valence-corrected chi connectivity index (χ1v) is 14.1. The number of allylic oxidation sites excluding steroid dienone is 1. The molecule has 3 heterocycles. The van der Waals surface area contributed by atoms with E-state index in [1.807, 2.05) is 30.4 Å². The van der Waals surface area contributed by atoms with Crippen LogP contribution in [0.3, 0.4) is 0 Å². The van der Waals surface area contributed by atoms with Crippen molar-refractivity contribution in [2.45, 2.75) is 18.9 Å². The van der Waals surface area contributed by atoms with Gasteiger partial charge in [-0.15, -0.1) is 0 Å². The maximum absolute atomic E-state index is 13.5. The van der Waals surface area contributed by atoms with Crippen molar-refractivity contribution in [3.05, 3.63) is 47.7 Å². The van der Waals surface area contributed by atoms with Crippen molar-refractivity contribution >= 4 is 29.0 Å². The Hall–Kier alpha value is -3.05. The van der Waals surface area contributed by atoms with Crippen LogP contribution in [0.1, 0.15) is 23.2 Å². The van der Waals surface area contributed by atoms with Crippen LogP contribution in [0.4, 0.5) is 11.4 Å². The van der Waals surface area contributed by atoms with Crippen LogP contribution in [0.25, 0.3) is 0 Å². The molecule has 210 valence electrons. The van der Waals surface area contributed by atoms with Crippen molar-refractivity contribution < 1.29 is 14.4 Å². The predicted molar refractivity (Wildman–Crippen MR) is 153 cm³/mol. The van der Waals surface area contributed by atoms with E-state index in [4.69, 9.17) is 0 Å². The quantitative estimate of drug-likeness (QED) is 0.455. The molecule has 2 fully saturated rings. The maximum atomic E-state index is 13.5. The predicted octanol–water partition coefficient (Wildman–Crippen LogP) is 1.06. The molecule has 1 aromatic carbocycles. The van der Waals surface area contributed by atoms with Crippen molar-refractivity contribution in [3.8, 4) is 0 Å². The third-order valence-corrected chi connectivity index (χ3v) is 8.21. The topological polar surface area (TPSA) is 100 Å². The Balaban J connectivity index is 1.14. The number of nitrogens with zero attached hydrogens (tertiary/aromatic N) is 4. The summed E-state index contributed by atoms with van der Waals surface area (Å²) in [4.78, 5) is 47.9. The smallest absolute Gasteiger partial charge is 0.225 e. The lowest BCUT2D eigenvalue weighted by Gasteiger charge is -2.33. The third-order valence-electron chi connectivity index (χ3n) is 8.21. The highest BCUT2D eigenvalue weighted by Gasteiger charge is 2.35. The Bertz CT molecular complexity index is 1130. The molecule has 5 rings (SSSR count). The monoisotopic (exact) mass is 535 g/mol. The molecule has 0 saturated carbocycles. The van der Waals surface area contributed by atoms with Crippen LogP contribution in [-0.2, 0) is 9.59 Å². The van der Waals surface area contributed by atoms with E-state index in [0.717, 1.165) is 71.1 Å². The molecular weight excluding hydrogens is 494 g/mol. The van der Waals surface area contributed by atoms with E-state index in [0.29, 0.717) is 29.8 Å². The molecule has 3 aliphatic heterocycles. The first-order chi connectivity index (χ1) is 18.8. The summed E-state index contributed by atoms with van der Waals surface area (Å²) in [7, 11) is 4.23. The van der Waals surface area contributed by atoms with E-state index in [1.54, 1.807) is 6.07 Å². The lowest BCUT2D eigenvalue weighted by molar-refractivity contribution is -0.120. The molecule has 4 aliphatic rings. The zero-order chi connectivity index (χ0) is 27.4. The largest absolute Gasteiger partial charge is 0.377 e. The van der Waals surface area contributed by atoms with E-state index >= 15 is 0 Å². The molecule has 0 aromatic heterocycles. The van der Waals surface area contributed by atoms with Crippen molar-refractivity contribution in [3.63, 3.8) is 0 Å². The first-order valence-electron chi connectivity index (χ1n) is 14.1. The number of nitrogens with one attached hydrogen (secondary N) is 3. The Morgan fingerprint density at radius 3 is 2.08 bits per heavy atom. The molecule has 2 unspecified atom stereocenters. The van der Waals surface area contributed by atoms with Gasteiger partial charge < -0.3 is 35.6 Å². The SMILES string of the molecule is CN1CCN(CCC(=O)NC2=CC3C(=O)c4cc(NC(=O)CCN5CCN(C)CC5)ccc4NC3C=C2)CC1. The Morgan fingerprint density at radius 2 is 1.46 bits per heavy atom. The highest BCUT2D eigenvalue weighted by molar-refractivity contribution is 6.08. The van der Waals surface area contributed by atoms with Gasteiger partial charge in [0.15, 0.2) is 5.78 Å². The number of amides is 2. The number of Topliss-reactive ketones (excluding diaryl/α,β-unsaturated/α-hetero) is 1. The van der Waals surface area contributed by atoms with Gasteiger partial charge in [-0.1, -0.05) is 6.08 Å². The average molecular weight is 536 g/mol. The van der Waals surface area contributed by atoms with Crippen LogP contribution in [0, 0.1) is 5.92 Å². The standard InChI is InChI=1S/C29H41N7O3/c1-33-11-15-35(16-12-33)9-7-27(37)30-21-3-5-25-23(19-21)29(39)24-20-22(4-6-26(24)32-25)31-28(38)8-10-36-17-13-34(2)14-18-36/h3-6,19-20,23,25,32H,7-18H2,1-2H3,(H,30,37)(H,31,38). The molecule has 0 radical (unpaired) electrons. The molecule has 3 N–H and O–H groups in total. The van der Waals surface area contributed by atoms with Crippen LogP contribution in [0.5, 0.6) is 0 Å². The number of piperazine rings is 2. The molecule has 1 aliphatic carbocycles. The summed E-state index contributed by atoms with van der Waals surface area (Å²) in [5.74, 6) is -0.527. The summed E-state index contributed by atoms with van der Waals surface area (Å²) >= 11 is 0. The molecule has 1 aromatic rings. The van der Waals surface area contributed by atoms with Crippen molar-refractivity contribution in [1.29, 1.82) is 0 Å². The maximum Gasteiger partial charge on any atom is 0.225 e. The second-order valence-corrected chi connectivity index (χ2v) is 11.2. The van der Waals surface area contributed by atoms with Crippen LogP contribution in [0.2, 0.25) is 0 Å². The second-order valence-electron chi connectivity index (χ2n) is 11.2. The molecule has 10 heteroatoms. The van der Waals surface area contributed by atoms with Gasteiger partial charge in [0, 0.05) is 101 Å². The van der Waals surface area contributed by atoms with Gasteiger partial charge in [-0.25, -0.2) is 0 Å². The number of hydrogen-bond donors (Lipinski definition) is 3. The summed E-state index contributed by atoms with van der Waals surface area (Å²) in [6.07, 6.45) is 6.50. The molecule has 2 atom stereocenters. The molecule has 39 heavy (non-hydrogen) atoms. The summed E-state index contributed by atoms with van der Waals surface area (Å²) in [5, 5.41) is 9.37. The van der Waals surface area contributed by atoms with Crippen molar-refractivity contribution in [2.75, 3.05) is 90.2 Å². The van der Waals surface area contributed by atoms with Crippen molar-refractivity contribution in [1.82, 2.24) is 24.9 Å². The van der Waals surface area contributed by atoms with Gasteiger partial charge in [-0.2, -0.15) is 0 Å². The Labute approximate surface area is 231 Å². The molecule has 2 amide bonds. The van der Waals surface area contributed by atoms with Gasteiger partial charge in [0.25, 0.3) is 0 Å². The highest BCUT2D eigenvalue weighted by Crippen LogP contribution is 2.34. The summed E-state index contributed by atoms with van der Waals surface area (Å²) < 4.78 is 0. The van der Waals surface area contributed by atoms with E-state index in [2.05, 4.69) is 49.6 Å². The summed E-state index contributed by atoms with van der Waals surface area (Å²) in [5.41, 5.74) is 2.60. The van der Waals surface area contributed by atoms with Gasteiger partial charge in [-0.3, -0.25) is 14.4 Å². The molecule has 2 saturated heterocycles. The first kappa shape index (κ1) is 27.5. The van der Waals surface area contributed by atoms with Crippen LogP contribution >= 0.6 is 0 Å². The lowest BCUT2D eigenvalue weighted by atomic mass is 9.82. The number of rotatable bonds is 8. The van der Waals surface area contributed by atoms with E-state index in [-0.39, 0.29) is 23.6 Å². The number of hydrogen-bond acceptors (Lipinski definition) is 8. The molecule has 10 nitrogen and oxygen atoms in total. The van der Waals surface area contributed by atoms with Gasteiger partial charge in [0.1, 0.15) is 0 Å². The minimum atomic E-state index is -0.418. The lowest BCUT2D eigenvalue weighted by Crippen LogP contribution is -2.45. The van der Waals surface area contributed by atoms with Crippen LogP contribution in [0.15, 0.2) is 42.1 Å². The number of carbonyl (C=O) groups is 3. The average Bonchev–Trinajstić information content (AvgIpc) is 2.93. The highest BCUT2D eigenvalue weighted by atomic mass is 16.2. The minimum absolute atomic E-state index is 0.0178. The van der Waals surface area contributed by atoms with E-state index in [9.17, 15) is 14.4 Å². The number of ketones is 1. The summed E-state index contributed by atoms with van der Waals surface area (Å²) in [6, 6.07) is 5.28. The minimum Gasteiger partial charge on any atom is -0.377 e. The van der Waals surface area contributed by atoms with Crippen molar-refractivity contribution in [2.24, 2.45) is 5.92 Å². The van der Waals surface area contributed by atoms with E-state index in [1.165, 1.54) is 0 Å². The Morgan fingerprint density at radius 1 is 0.872 bits per heavy atom. The zero-order valence-corrected chi connectivity index (χ0v) is 23.1. The van der Waals surface area contributed by atoms with Crippen LogP contribution < -0.4 is 16.0 Å². The number of fused-ring (bicyclic) bond motifs is 2. The molecular formula is C29H41N7O3. The van der Waals surface area contributed by atoms with Crippen LogP contribution in [-0.4, -0.2) is 123 Å². The zero-order valence-electron chi connectivity index (χ0n) is 23.1. The molecule has 0 bridgehead atoms. The van der Waals surface area contributed by atoms with Gasteiger partial charge in [-0.05, 0) is 44.4 Å². The van der Waals surface area contributed by atoms with Gasteiger partial charge >= 0.3 is 0 Å². The fourth-order valence-electron chi connectivity index (χ4n) is 5.56.